The number of hydrogen-bond acceptors (Lipinski definition) is 5. The molecule has 0 spiro atoms. The van der Waals surface area contributed by atoms with E-state index in [0.29, 0.717) is 17.9 Å². The summed E-state index contributed by atoms with van der Waals surface area (Å²) in [4.78, 5) is 64.3. The predicted molar refractivity (Wildman–Crippen MR) is 154 cm³/mol. The van der Waals surface area contributed by atoms with Gasteiger partial charge in [-0.25, -0.2) is 0 Å². The second-order valence-electron chi connectivity index (χ2n) is 10.1. The van der Waals surface area contributed by atoms with Crippen molar-refractivity contribution in [2.75, 3.05) is 0 Å². The lowest BCUT2D eigenvalue weighted by Crippen LogP contribution is -2.50. The molecule has 3 N–H and O–H groups in total. The lowest BCUT2D eigenvalue weighted by molar-refractivity contribution is -0.138. The first-order valence-corrected chi connectivity index (χ1v) is 14.0. The Morgan fingerprint density at radius 3 is 2.23 bits per heavy atom. The summed E-state index contributed by atoms with van der Waals surface area (Å²) in [6, 6.07) is 14.5. The average molecular weight is 566 g/mol. The zero-order valence-electron chi connectivity index (χ0n) is 23.0. The molecule has 9 heteroatoms. The number of hydrogen-bond donors (Lipinski definition) is 3. The molecule has 5 atom stereocenters. The zero-order valence-corrected chi connectivity index (χ0v) is 23.7. The molecule has 0 saturated carbocycles. The van der Waals surface area contributed by atoms with Gasteiger partial charge in [0.15, 0.2) is 5.78 Å². The van der Waals surface area contributed by atoms with Crippen molar-refractivity contribution in [3.05, 3.63) is 76.8 Å². The number of carbonyl (C=O) groups is 5. The molecule has 2 aromatic rings. The van der Waals surface area contributed by atoms with Gasteiger partial charge in [-0.1, -0.05) is 87.7 Å². The number of nitrogens with one attached hydrogen (secondary N) is 3. The van der Waals surface area contributed by atoms with Crippen LogP contribution in [0, 0.1) is 17.8 Å². The number of ketones is 1. The van der Waals surface area contributed by atoms with E-state index in [1.165, 1.54) is 6.08 Å². The van der Waals surface area contributed by atoms with Crippen LogP contribution in [0.1, 0.15) is 63.6 Å². The topological polar surface area (TPSA) is 121 Å². The Labute approximate surface area is 239 Å². The summed E-state index contributed by atoms with van der Waals surface area (Å²) in [5, 5.41) is 8.56. The van der Waals surface area contributed by atoms with Crippen LogP contribution >= 0.6 is 11.6 Å². The zero-order chi connectivity index (χ0) is 29.2. The smallest absolute Gasteiger partial charge is 0.244 e. The van der Waals surface area contributed by atoms with Crippen LogP contribution in [0.25, 0.3) is 6.08 Å². The van der Waals surface area contributed by atoms with E-state index in [-0.39, 0.29) is 12.3 Å². The maximum absolute atomic E-state index is 13.6. The minimum atomic E-state index is -1.15. The van der Waals surface area contributed by atoms with E-state index in [1.807, 2.05) is 44.2 Å². The average Bonchev–Trinajstić information content (AvgIpc) is 3.20. The highest BCUT2D eigenvalue weighted by Gasteiger charge is 2.47. The Hall–Kier alpha value is -3.78. The molecular formula is C31H36ClN3O5. The number of benzene rings is 2. The Bertz CT molecular complexity index is 1250. The second kappa shape index (κ2) is 14.6. The molecule has 1 aliphatic rings. The normalized spacial score (nSPS) is 19.1. The summed E-state index contributed by atoms with van der Waals surface area (Å²) in [6.45, 7) is 5.45. The largest absolute Gasteiger partial charge is 0.346 e. The molecule has 0 aromatic heterocycles. The molecular weight excluding hydrogens is 530 g/mol. The van der Waals surface area contributed by atoms with Crippen LogP contribution in [0.2, 0.25) is 5.02 Å². The van der Waals surface area contributed by atoms with Crippen molar-refractivity contribution in [2.24, 2.45) is 17.8 Å². The van der Waals surface area contributed by atoms with Gasteiger partial charge in [-0.3, -0.25) is 29.3 Å². The molecule has 4 amide bonds. The molecule has 3 rings (SSSR count). The molecule has 2 unspecified atom stereocenters. The maximum Gasteiger partial charge on any atom is 0.244 e. The van der Waals surface area contributed by atoms with Crippen molar-refractivity contribution < 1.29 is 24.0 Å². The van der Waals surface area contributed by atoms with Crippen LogP contribution in [0.3, 0.4) is 0 Å². The first-order valence-electron chi connectivity index (χ1n) is 13.6. The Balaban J connectivity index is 1.79. The summed E-state index contributed by atoms with van der Waals surface area (Å²) in [5.74, 6) is -4.57. The van der Waals surface area contributed by atoms with Gasteiger partial charge in [0.25, 0.3) is 0 Å². The van der Waals surface area contributed by atoms with Gasteiger partial charge in [-0.2, -0.15) is 0 Å². The van der Waals surface area contributed by atoms with Gasteiger partial charge >= 0.3 is 0 Å². The number of Topliss-reactive ketones (excluding diaryl/α,β-unsaturated/α-hetero) is 1. The minimum Gasteiger partial charge on any atom is -0.346 e. The summed E-state index contributed by atoms with van der Waals surface area (Å²) < 4.78 is 0. The number of carbonyl (C=O) groups excluding carboxylic acids is 5. The molecule has 1 aliphatic heterocycles. The van der Waals surface area contributed by atoms with Crippen LogP contribution in [-0.2, 0) is 24.0 Å². The third-order valence-corrected chi connectivity index (χ3v) is 7.48. The highest BCUT2D eigenvalue weighted by atomic mass is 35.5. The van der Waals surface area contributed by atoms with Crippen LogP contribution < -0.4 is 16.0 Å². The molecule has 1 heterocycles. The van der Waals surface area contributed by atoms with Gasteiger partial charge in [0.2, 0.25) is 23.6 Å². The molecule has 212 valence electrons. The van der Waals surface area contributed by atoms with Crippen LogP contribution in [0.15, 0.2) is 60.7 Å². The first kappa shape index (κ1) is 30.8. The van der Waals surface area contributed by atoms with Gasteiger partial charge in [0, 0.05) is 11.1 Å². The quantitative estimate of drug-likeness (QED) is 0.189. The molecule has 0 bridgehead atoms. The summed E-state index contributed by atoms with van der Waals surface area (Å²) in [7, 11) is 0. The van der Waals surface area contributed by atoms with E-state index >= 15 is 0 Å². The Morgan fingerprint density at radius 1 is 0.975 bits per heavy atom. The summed E-state index contributed by atoms with van der Waals surface area (Å²) >= 11 is 5.92. The fraction of sp³-hybridized carbons (Fsp3) is 0.387. The molecule has 0 radical (unpaired) electrons. The second-order valence-corrected chi connectivity index (χ2v) is 10.5. The Kier molecular flexibility index (Phi) is 11.2. The van der Waals surface area contributed by atoms with Gasteiger partial charge in [0.05, 0.1) is 24.4 Å². The lowest BCUT2D eigenvalue weighted by Gasteiger charge is -2.29. The van der Waals surface area contributed by atoms with E-state index < -0.39 is 53.3 Å². The van der Waals surface area contributed by atoms with E-state index in [1.54, 1.807) is 37.3 Å². The molecule has 2 aromatic carbocycles. The van der Waals surface area contributed by atoms with Crippen molar-refractivity contribution in [2.45, 2.75) is 58.5 Å². The summed E-state index contributed by atoms with van der Waals surface area (Å²) in [6.07, 6.45) is 4.96. The molecule has 1 fully saturated rings. The Morgan fingerprint density at radius 2 is 1.65 bits per heavy atom. The van der Waals surface area contributed by atoms with E-state index in [2.05, 4.69) is 16.0 Å². The van der Waals surface area contributed by atoms with Crippen molar-refractivity contribution in [1.29, 1.82) is 0 Å². The third kappa shape index (κ3) is 8.11. The minimum absolute atomic E-state index is 0.123. The van der Waals surface area contributed by atoms with Gasteiger partial charge in [-0.05, 0) is 41.7 Å². The number of amides is 4. The standard InChI is InChI=1S/C31H36ClN3O5/c1-4-9-21(5-2)28(29(38)27-19(3)30(39)35-31(27)40)34-26(37)18-24(22-10-7-6-8-11-22)33-25(36)17-14-20-12-15-23(32)16-13-20/h6-8,10-17,19,21,24,27-28H,4-5,9,18H2,1-3H3,(H,33,36)(H,34,37)(H,35,39,40)/b17-14+/t19-,21?,24-,27+,28?/m0/s1. The van der Waals surface area contributed by atoms with E-state index in [9.17, 15) is 24.0 Å². The van der Waals surface area contributed by atoms with E-state index in [0.717, 1.165) is 17.5 Å². The van der Waals surface area contributed by atoms with Crippen molar-refractivity contribution in [1.82, 2.24) is 16.0 Å². The number of rotatable bonds is 13. The monoisotopic (exact) mass is 565 g/mol. The molecule has 1 saturated heterocycles. The van der Waals surface area contributed by atoms with Gasteiger partial charge in [0.1, 0.15) is 5.92 Å². The number of halogens is 1. The predicted octanol–water partition coefficient (Wildman–Crippen LogP) is 4.39. The van der Waals surface area contributed by atoms with Gasteiger partial charge in [-0.15, -0.1) is 0 Å². The highest BCUT2D eigenvalue weighted by molar-refractivity contribution is 6.30. The van der Waals surface area contributed by atoms with Crippen molar-refractivity contribution in [3.8, 4) is 0 Å². The first-order chi connectivity index (χ1) is 19.1. The summed E-state index contributed by atoms with van der Waals surface area (Å²) in [5.41, 5.74) is 1.52. The fourth-order valence-electron chi connectivity index (χ4n) is 4.98. The number of imide groups is 1. The molecule has 8 nitrogen and oxygen atoms in total. The van der Waals surface area contributed by atoms with Crippen molar-refractivity contribution in [3.63, 3.8) is 0 Å². The van der Waals surface area contributed by atoms with Crippen LogP contribution in [0.4, 0.5) is 0 Å². The molecule has 40 heavy (non-hydrogen) atoms. The van der Waals surface area contributed by atoms with Crippen LogP contribution in [-0.4, -0.2) is 35.5 Å². The van der Waals surface area contributed by atoms with Gasteiger partial charge < -0.3 is 10.6 Å². The maximum atomic E-state index is 13.6. The van der Waals surface area contributed by atoms with E-state index in [4.69, 9.17) is 11.6 Å². The fourth-order valence-corrected chi connectivity index (χ4v) is 5.11. The SMILES string of the molecule is CCCC(CC)C(NC(=O)C[C@H](NC(=O)/C=C/c1ccc(Cl)cc1)c1ccccc1)C(=O)[C@@H]1C(=O)NC(=O)[C@H]1C. The van der Waals surface area contributed by atoms with Crippen molar-refractivity contribution >= 4 is 47.1 Å². The third-order valence-electron chi connectivity index (χ3n) is 7.23. The lowest BCUT2D eigenvalue weighted by atomic mass is 9.81. The molecule has 0 aliphatic carbocycles. The van der Waals surface area contributed by atoms with Crippen LogP contribution in [0.5, 0.6) is 0 Å². The highest BCUT2D eigenvalue weighted by Crippen LogP contribution is 2.27.